The number of rotatable bonds is 12. The molecule has 1 unspecified atom stereocenters. The fraction of sp³-hybridized carbons (Fsp3) is 0.152. The Kier molecular flexibility index (Phi) is 11.7. The number of amides is 3. The van der Waals surface area contributed by atoms with Gasteiger partial charge in [0, 0.05) is 42.9 Å². The van der Waals surface area contributed by atoms with Crippen LogP contribution >= 0.6 is 23.2 Å². The molecule has 0 aliphatic carbocycles. The maximum atomic E-state index is 14.1. The number of ether oxygens (including phenoxy) is 3. The number of aromatic nitrogens is 1. The molecule has 1 aromatic heterocycles. The number of aliphatic carboxylic acids is 1. The number of carbonyl (C=O) groups is 4. The van der Waals surface area contributed by atoms with E-state index in [9.17, 15) is 24.3 Å². The van der Waals surface area contributed by atoms with Gasteiger partial charge in [0.2, 0.25) is 12.0 Å². The molecule has 0 saturated carbocycles. The summed E-state index contributed by atoms with van der Waals surface area (Å²) in [5.74, 6) is -0.519. The molecule has 60 heavy (non-hydrogen) atoms. The van der Waals surface area contributed by atoms with Crippen molar-refractivity contribution in [2.24, 2.45) is 0 Å². The van der Waals surface area contributed by atoms with Crippen LogP contribution in [0, 0.1) is 0 Å². The fourth-order valence-corrected chi connectivity index (χ4v) is 7.40. The van der Waals surface area contributed by atoms with Crippen molar-refractivity contribution in [1.29, 1.82) is 0 Å². The third-order valence-electron chi connectivity index (χ3n) is 10.2. The van der Waals surface area contributed by atoms with E-state index in [-0.39, 0.29) is 31.9 Å². The third-order valence-corrected chi connectivity index (χ3v) is 10.9. The highest BCUT2D eigenvalue weighted by Crippen LogP contribution is 2.40. The van der Waals surface area contributed by atoms with Crippen molar-refractivity contribution < 1.29 is 38.5 Å². The van der Waals surface area contributed by atoms with Crippen LogP contribution in [0.3, 0.4) is 0 Å². The van der Waals surface area contributed by atoms with Crippen LogP contribution in [0.25, 0.3) is 0 Å². The predicted octanol–water partition coefficient (Wildman–Crippen LogP) is 8.21. The predicted molar refractivity (Wildman–Crippen MR) is 224 cm³/mol. The molecular weight excluding hydrogens is 807 g/mol. The maximum absolute atomic E-state index is 14.1. The van der Waals surface area contributed by atoms with Crippen LogP contribution in [-0.2, 0) is 40.4 Å². The quantitative estimate of drug-likeness (QED) is 0.111. The van der Waals surface area contributed by atoms with Crippen LogP contribution < -0.4 is 24.8 Å². The standard InChI is InChI=1S/C46H36Cl2N4O8/c47-36-15-8-28(20-37(36)48)26-58-33-13-9-29(10-14-33)42-44(54)50-38-22-31-23-40(52(25-32(31)24-41(38)60-42)45(55)30-4-2-1-3-5-30)43(53)51-39(46(56)57)21-27-6-11-34(12-7-27)59-35-16-18-49-19-17-35/h1-20,22,24,39-40,42H,21,23,25-26H2,(H,50,54)(H,51,53)(H,56,57)/t39-,40-,42?/m0/s1. The van der Waals surface area contributed by atoms with E-state index in [4.69, 9.17) is 37.4 Å². The van der Waals surface area contributed by atoms with Gasteiger partial charge in [-0.3, -0.25) is 19.4 Å². The molecule has 3 N–H and O–H groups in total. The molecule has 8 rings (SSSR count). The van der Waals surface area contributed by atoms with Crippen LogP contribution in [0.5, 0.6) is 23.0 Å². The first kappa shape index (κ1) is 39.9. The zero-order valence-electron chi connectivity index (χ0n) is 31.7. The number of benzene rings is 5. The molecule has 2 aliphatic heterocycles. The monoisotopic (exact) mass is 842 g/mol. The number of hydrogen-bond donors (Lipinski definition) is 3. The zero-order valence-corrected chi connectivity index (χ0v) is 33.2. The lowest BCUT2D eigenvalue weighted by Crippen LogP contribution is -2.56. The van der Waals surface area contributed by atoms with Crippen molar-refractivity contribution in [3.05, 3.63) is 177 Å². The number of anilines is 1. The molecule has 5 aromatic carbocycles. The fourth-order valence-electron chi connectivity index (χ4n) is 7.08. The van der Waals surface area contributed by atoms with Gasteiger partial charge in [-0.2, -0.15) is 0 Å². The van der Waals surface area contributed by atoms with Crippen LogP contribution in [0.15, 0.2) is 134 Å². The molecule has 302 valence electrons. The van der Waals surface area contributed by atoms with Gasteiger partial charge < -0.3 is 34.9 Å². The first-order chi connectivity index (χ1) is 29.1. The van der Waals surface area contributed by atoms with Gasteiger partial charge in [0.05, 0.1) is 15.7 Å². The number of fused-ring (bicyclic) bond motifs is 2. The van der Waals surface area contributed by atoms with Gasteiger partial charge in [0.25, 0.3) is 11.8 Å². The molecule has 3 heterocycles. The Morgan fingerprint density at radius 1 is 0.833 bits per heavy atom. The number of halogens is 2. The molecule has 6 aromatic rings. The van der Waals surface area contributed by atoms with Crippen LogP contribution in [-0.4, -0.2) is 50.8 Å². The number of nitrogens with one attached hydrogen (secondary N) is 2. The molecule has 2 aliphatic rings. The van der Waals surface area contributed by atoms with Crippen molar-refractivity contribution >= 4 is 52.6 Å². The molecule has 3 atom stereocenters. The van der Waals surface area contributed by atoms with Crippen molar-refractivity contribution in [2.75, 3.05) is 5.32 Å². The first-order valence-corrected chi connectivity index (χ1v) is 19.7. The van der Waals surface area contributed by atoms with E-state index in [0.717, 1.165) is 5.56 Å². The number of hydrogen-bond acceptors (Lipinski definition) is 8. The lowest BCUT2D eigenvalue weighted by molar-refractivity contribution is -0.142. The third kappa shape index (κ3) is 9.05. The van der Waals surface area contributed by atoms with Gasteiger partial charge in [-0.25, -0.2) is 4.79 Å². The van der Waals surface area contributed by atoms with Gasteiger partial charge >= 0.3 is 5.97 Å². The Hall–Kier alpha value is -6.89. The summed E-state index contributed by atoms with van der Waals surface area (Å²) in [6.45, 7) is 0.290. The average Bonchev–Trinajstić information content (AvgIpc) is 3.26. The normalized spacial score (nSPS) is 16.0. The smallest absolute Gasteiger partial charge is 0.326 e. The van der Waals surface area contributed by atoms with E-state index >= 15 is 0 Å². The van der Waals surface area contributed by atoms with Crippen molar-refractivity contribution in [3.63, 3.8) is 0 Å². The number of carboxylic acids is 1. The summed E-state index contributed by atoms with van der Waals surface area (Å²) >= 11 is 12.2. The van der Waals surface area contributed by atoms with Crippen LogP contribution in [0.2, 0.25) is 10.0 Å². The average molecular weight is 844 g/mol. The summed E-state index contributed by atoms with van der Waals surface area (Å²) in [4.78, 5) is 59.5. The van der Waals surface area contributed by atoms with E-state index in [1.165, 1.54) is 4.90 Å². The molecule has 3 amide bonds. The van der Waals surface area contributed by atoms with Crippen LogP contribution in [0.1, 0.15) is 44.3 Å². The zero-order chi connectivity index (χ0) is 41.8. The largest absolute Gasteiger partial charge is 0.489 e. The number of carbonyl (C=O) groups excluding carboxylic acids is 3. The second-order valence-corrected chi connectivity index (χ2v) is 15.1. The summed E-state index contributed by atoms with van der Waals surface area (Å²) in [5, 5.41) is 16.7. The van der Waals surface area contributed by atoms with Crippen molar-refractivity contribution in [3.8, 4) is 23.0 Å². The topological polar surface area (TPSA) is 156 Å². The van der Waals surface area contributed by atoms with Gasteiger partial charge in [-0.1, -0.05) is 71.7 Å². The highest BCUT2D eigenvalue weighted by molar-refractivity contribution is 6.42. The van der Waals surface area contributed by atoms with Gasteiger partial charge in [0.15, 0.2) is 0 Å². The SMILES string of the molecule is O=C1Nc2cc3c(cc2OC1c1ccc(OCc2ccc(Cl)c(Cl)c2)cc1)CN(C(=O)c1ccccc1)[C@H](C(=O)N[C@@H](Cc1ccc(Oc2ccncc2)cc1)C(=O)O)C3. The molecular formula is C46H36Cl2N4O8. The molecule has 0 spiro atoms. The Balaban J connectivity index is 0.985. The molecule has 0 fully saturated rings. The summed E-state index contributed by atoms with van der Waals surface area (Å²) in [6.07, 6.45) is 2.30. The highest BCUT2D eigenvalue weighted by Gasteiger charge is 2.39. The summed E-state index contributed by atoms with van der Waals surface area (Å²) in [6, 6.07) is 32.3. The Morgan fingerprint density at radius 2 is 1.53 bits per heavy atom. The Labute approximate surface area is 354 Å². The van der Waals surface area contributed by atoms with E-state index in [1.807, 2.05) is 6.07 Å². The number of pyridine rings is 1. The van der Waals surface area contributed by atoms with Crippen molar-refractivity contribution in [1.82, 2.24) is 15.2 Å². The van der Waals surface area contributed by atoms with E-state index in [0.29, 0.717) is 66.5 Å². The van der Waals surface area contributed by atoms with Gasteiger partial charge in [-0.15, -0.1) is 0 Å². The first-order valence-electron chi connectivity index (χ1n) is 18.9. The van der Waals surface area contributed by atoms with E-state index < -0.39 is 36.0 Å². The Morgan fingerprint density at radius 3 is 2.25 bits per heavy atom. The van der Waals surface area contributed by atoms with E-state index in [2.05, 4.69) is 15.6 Å². The minimum absolute atomic E-state index is 0.0148. The molecule has 14 heteroatoms. The van der Waals surface area contributed by atoms with E-state index in [1.54, 1.807) is 128 Å². The summed E-state index contributed by atoms with van der Waals surface area (Å²) in [7, 11) is 0. The van der Waals surface area contributed by atoms with Gasteiger partial charge in [0.1, 0.15) is 41.7 Å². The maximum Gasteiger partial charge on any atom is 0.326 e. The number of carboxylic acid groups (broad SMARTS) is 1. The molecule has 12 nitrogen and oxygen atoms in total. The Bertz CT molecular complexity index is 2560. The lowest BCUT2D eigenvalue weighted by Gasteiger charge is -2.37. The molecule has 0 saturated heterocycles. The highest BCUT2D eigenvalue weighted by atomic mass is 35.5. The summed E-state index contributed by atoms with van der Waals surface area (Å²) < 4.78 is 18.0. The minimum atomic E-state index is -1.30. The summed E-state index contributed by atoms with van der Waals surface area (Å²) in [5.41, 5.74) is 4.29. The lowest BCUT2D eigenvalue weighted by atomic mass is 9.91. The molecule has 0 radical (unpaired) electrons. The van der Waals surface area contributed by atoms with Gasteiger partial charge in [-0.05, 0) is 95.1 Å². The molecule has 0 bridgehead atoms. The number of nitrogens with zero attached hydrogens (tertiary/aromatic N) is 2. The van der Waals surface area contributed by atoms with Crippen molar-refractivity contribution in [2.45, 2.75) is 44.2 Å². The van der Waals surface area contributed by atoms with Crippen LogP contribution in [0.4, 0.5) is 5.69 Å². The minimum Gasteiger partial charge on any atom is -0.489 e. The second kappa shape index (κ2) is 17.5. The second-order valence-electron chi connectivity index (χ2n) is 14.3.